The fourth-order valence-corrected chi connectivity index (χ4v) is 2.31. The van der Waals surface area contributed by atoms with Gasteiger partial charge in [-0.15, -0.1) is 0 Å². The average Bonchev–Trinajstić information content (AvgIpc) is 2.47. The summed E-state index contributed by atoms with van der Waals surface area (Å²) >= 11 is 0. The lowest BCUT2D eigenvalue weighted by Crippen LogP contribution is -2.50. The summed E-state index contributed by atoms with van der Waals surface area (Å²) in [6, 6.07) is 5.80. The molecule has 0 bridgehead atoms. The van der Waals surface area contributed by atoms with Gasteiger partial charge >= 0.3 is 0 Å². The number of hydrogen-bond donors (Lipinski definition) is 0. The molecule has 0 spiro atoms. The molecule has 1 saturated heterocycles. The quantitative estimate of drug-likeness (QED) is 0.831. The van der Waals surface area contributed by atoms with Gasteiger partial charge in [0.2, 0.25) is 0 Å². The van der Waals surface area contributed by atoms with Gasteiger partial charge in [0.15, 0.2) is 6.61 Å². The SMILES string of the molecule is CCC[C@H]1COCCN1C(=O)COc1ccc(F)cc1. The molecule has 0 N–H and O–H groups in total. The summed E-state index contributed by atoms with van der Waals surface area (Å²) in [5.41, 5.74) is 0. The summed E-state index contributed by atoms with van der Waals surface area (Å²) in [6.45, 7) is 3.84. The van der Waals surface area contributed by atoms with Crippen LogP contribution in [-0.4, -0.2) is 43.2 Å². The second-order valence-electron chi connectivity index (χ2n) is 4.85. The molecular weight excluding hydrogens is 261 g/mol. The lowest BCUT2D eigenvalue weighted by molar-refractivity contribution is -0.142. The monoisotopic (exact) mass is 281 g/mol. The van der Waals surface area contributed by atoms with Crippen molar-refractivity contribution in [1.29, 1.82) is 0 Å². The van der Waals surface area contributed by atoms with Crippen LogP contribution in [0.1, 0.15) is 19.8 Å². The third-order valence-corrected chi connectivity index (χ3v) is 3.35. The van der Waals surface area contributed by atoms with Crippen molar-refractivity contribution in [3.8, 4) is 5.75 Å². The highest BCUT2D eigenvalue weighted by Crippen LogP contribution is 2.14. The molecule has 1 aromatic carbocycles. The first-order chi connectivity index (χ1) is 9.70. The molecule has 20 heavy (non-hydrogen) atoms. The highest BCUT2D eigenvalue weighted by molar-refractivity contribution is 5.78. The van der Waals surface area contributed by atoms with Crippen LogP contribution in [0.5, 0.6) is 5.75 Å². The van der Waals surface area contributed by atoms with Crippen LogP contribution >= 0.6 is 0 Å². The van der Waals surface area contributed by atoms with Gasteiger partial charge in [0.25, 0.3) is 5.91 Å². The summed E-state index contributed by atoms with van der Waals surface area (Å²) in [4.78, 5) is 14.0. The van der Waals surface area contributed by atoms with Crippen molar-refractivity contribution in [2.75, 3.05) is 26.4 Å². The summed E-state index contributed by atoms with van der Waals surface area (Å²) in [7, 11) is 0. The molecule has 5 heteroatoms. The van der Waals surface area contributed by atoms with Crippen molar-refractivity contribution < 1.29 is 18.7 Å². The third-order valence-electron chi connectivity index (χ3n) is 3.35. The van der Waals surface area contributed by atoms with E-state index in [0.717, 1.165) is 12.8 Å². The van der Waals surface area contributed by atoms with Gasteiger partial charge in [-0.25, -0.2) is 4.39 Å². The number of ether oxygens (including phenoxy) is 2. The van der Waals surface area contributed by atoms with Crippen molar-refractivity contribution in [2.45, 2.75) is 25.8 Å². The number of amides is 1. The maximum Gasteiger partial charge on any atom is 0.260 e. The molecule has 2 rings (SSSR count). The van der Waals surface area contributed by atoms with E-state index in [9.17, 15) is 9.18 Å². The maximum atomic E-state index is 12.8. The predicted octanol–water partition coefficient (Wildman–Crippen LogP) is 2.23. The van der Waals surface area contributed by atoms with Gasteiger partial charge < -0.3 is 14.4 Å². The molecule has 0 aromatic heterocycles. The smallest absolute Gasteiger partial charge is 0.260 e. The lowest BCUT2D eigenvalue weighted by atomic mass is 10.1. The minimum Gasteiger partial charge on any atom is -0.484 e. The molecule has 0 radical (unpaired) electrons. The zero-order valence-electron chi connectivity index (χ0n) is 11.7. The van der Waals surface area contributed by atoms with Gasteiger partial charge in [-0.1, -0.05) is 13.3 Å². The van der Waals surface area contributed by atoms with E-state index in [2.05, 4.69) is 6.92 Å². The number of carbonyl (C=O) groups excluding carboxylic acids is 1. The van der Waals surface area contributed by atoms with Crippen LogP contribution in [0, 0.1) is 5.82 Å². The summed E-state index contributed by atoms with van der Waals surface area (Å²) in [5.74, 6) is 0.135. The first kappa shape index (κ1) is 14.8. The summed E-state index contributed by atoms with van der Waals surface area (Å²) < 4.78 is 23.6. The molecule has 0 saturated carbocycles. The highest BCUT2D eigenvalue weighted by Gasteiger charge is 2.26. The van der Waals surface area contributed by atoms with Crippen LogP contribution in [-0.2, 0) is 9.53 Å². The van der Waals surface area contributed by atoms with Gasteiger partial charge in [0.05, 0.1) is 19.3 Å². The molecule has 4 nitrogen and oxygen atoms in total. The first-order valence-corrected chi connectivity index (χ1v) is 6.96. The molecular formula is C15H20FNO3. The number of morpholine rings is 1. The molecule has 1 heterocycles. The molecule has 110 valence electrons. The molecule has 1 aliphatic heterocycles. The van der Waals surface area contributed by atoms with Crippen LogP contribution in [0.15, 0.2) is 24.3 Å². The summed E-state index contributed by atoms with van der Waals surface area (Å²) in [6.07, 6.45) is 1.94. The maximum absolute atomic E-state index is 12.8. The van der Waals surface area contributed by atoms with E-state index < -0.39 is 0 Å². The van der Waals surface area contributed by atoms with E-state index in [4.69, 9.17) is 9.47 Å². The van der Waals surface area contributed by atoms with Crippen molar-refractivity contribution in [2.24, 2.45) is 0 Å². The number of carbonyl (C=O) groups is 1. The minimum absolute atomic E-state index is 0.0220. The van der Waals surface area contributed by atoms with Crippen molar-refractivity contribution in [3.05, 3.63) is 30.1 Å². The van der Waals surface area contributed by atoms with Gasteiger partial charge in [0, 0.05) is 6.54 Å². The van der Waals surface area contributed by atoms with Crippen molar-refractivity contribution >= 4 is 5.91 Å². The van der Waals surface area contributed by atoms with Crippen LogP contribution in [0.25, 0.3) is 0 Å². The van der Waals surface area contributed by atoms with E-state index in [0.29, 0.717) is 25.5 Å². The minimum atomic E-state index is -0.320. The van der Waals surface area contributed by atoms with E-state index in [1.807, 2.05) is 4.90 Å². The van der Waals surface area contributed by atoms with Crippen LogP contribution < -0.4 is 4.74 Å². The zero-order chi connectivity index (χ0) is 14.4. The van der Waals surface area contributed by atoms with Crippen molar-refractivity contribution in [3.63, 3.8) is 0 Å². The molecule has 1 atom stereocenters. The molecule has 1 aliphatic rings. The van der Waals surface area contributed by atoms with Crippen LogP contribution in [0.4, 0.5) is 4.39 Å². The molecule has 1 aromatic rings. The van der Waals surface area contributed by atoms with E-state index in [-0.39, 0.29) is 24.4 Å². The predicted molar refractivity (Wildman–Crippen MR) is 73.1 cm³/mol. The van der Waals surface area contributed by atoms with Gasteiger partial charge in [-0.3, -0.25) is 4.79 Å². The third kappa shape index (κ3) is 3.93. The highest BCUT2D eigenvalue weighted by atomic mass is 19.1. The fourth-order valence-electron chi connectivity index (χ4n) is 2.31. The standard InChI is InChI=1S/C15H20FNO3/c1-2-3-13-10-19-9-8-17(13)15(18)11-20-14-6-4-12(16)5-7-14/h4-7,13H,2-3,8-11H2,1H3/t13-/m0/s1. The second-order valence-corrected chi connectivity index (χ2v) is 4.85. The van der Waals surface area contributed by atoms with E-state index in [1.54, 1.807) is 0 Å². The summed E-state index contributed by atoms with van der Waals surface area (Å²) in [5, 5.41) is 0. The Hall–Kier alpha value is -1.62. The Balaban J connectivity index is 1.88. The van der Waals surface area contributed by atoms with Crippen molar-refractivity contribution in [1.82, 2.24) is 4.90 Å². The topological polar surface area (TPSA) is 38.8 Å². The average molecular weight is 281 g/mol. The van der Waals surface area contributed by atoms with Gasteiger partial charge in [0.1, 0.15) is 11.6 Å². The van der Waals surface area contributed by atoms with E-state index in [1.165, 1.54) is 24.3 Å². The molecule has 0 unspecified atom stereocenters. The second kappa shape index (κ2) is 7.24. The van der Waals surface area contributed by atoms with E-state index >= 15 is 0 Å². The van der Waals surface area contributed by atoms with Gasteiger partial charge in [-0.05, 0) is 30.7 Å². The van der Waals surface area contributed by atoms with Crippen LogP contribution in [0.3, 0.4) is 0 Å². The Morgan fingerprint density at radius 3 is 2.90 bits per heavy atom. The van der Waals surface area contributed by atoms with Gasteiger partial charge in [-0.2, -0.15) is 0 Å². The normalized spacial score (nSPS) is 18.9. The molecule has 1 amide bonds. The fraction of sp³-hybridized carbons (Fsp3) is 0.533. The largest absolute Gasteiger partial charge is 0.484 e. The molecule has 0 aliphatic carbocycles. The Morgan fingerprint density at radius 1 is 1.45 bits per heavy atom. The number of halogens is 1. The Kier molecular flexibility index (Phi) is 5.35. The molecule has 1 fully saturated rings. The number of nitrogens with zero attached hydrogens (tertiary/aromatic N) is 1. The van der Waals surface area contributed by atoms with Crippen LogP contribution in [0.2, 0.25) is 0 Å². The Bertz CT molecular complexity index is 433. The Morgan fingerprint density at radius 2 is 2.20 bits per heavy atom. The lowest BCUT2D eigenvalue weighted by Gasteiger charge is -2.35. The number of hydrogen-bond acceptors (Lipinski definition) is 3. The first-order valence-electron chi connectivity index (χ1n) is 6.96. The zero-order valence-corrected chi connectivity index (χ0v) is 11.7. The Labute approximate surface area is 118 Å². The number of benzene rings is 1. The number of rotatable bonds is 5.